The fourth-order valence-corrected chi connectivity index (χ4v) is 6.01. The van der Waals surface area contributed by atoms with E-state index in [1.165, 1.54) is 0 Å². The van der Waals surface area contributed by atoms with Crippen LogP contribution in [0, 0.1) is 12.8 Å². The summed E-state index contributed by atoms with van der Waals surface area (Å²) in [6.07, 6.45) is 6.73. The van der Waals surface area contributed by atoms with Crippen LogP contribution in [-0.2, 0) is 22.6 Å². The smallest absolute Gasteiger partial charge is 0.257 e. The van der Waals surface area contributed by atoms with Crippen molar-refractivity contribution in [3.63, 3.8) is 0 Å². The average Bonchev–Trinajstić information content (AvgIpc) is 3.75. The van der Waals surface area contributed by atoms with Crippen LogP contribution in [0.2, 0.25) is 0 Å². The summed E-state index contributed by atoms with van der Waals surface area (Å²) < 4.78 is 3.50. The molecule has 0 unspecified atom stereocenters. The Kier molecular flexibility index (Phi) is 8.58. The summed E-state index contributed by atoms with van der Waals surface area (Å²) in [4.78, 5) is 50.8. The molecule has 0 aliphatic carbocycles. The molecule has 1 aliphatic rings. The average molecular weight is 611 g/mol. The second kappa shape index (κ2) is 12.9. The Balaban J connectivity index is 1.33. The molecule has 5 heterocycles. The molecule has 5 aromatic rings. The number of hydrogen-bond donors (Lipinski definition) is 3. The number of nitrogens with one attached hydrogen (secondary N) is 3. The third kappa shape index (κ3) is 6.56. The van der Waals surface area contributed by atoms with E-state index in [2.05, 4.69) is 44.8 Å². The van der Waals surface area contributed by atoms with Crippen molar-refractivity contribution in [2.24, 2.45) is 5.92 Å². The Morgan fingerprint density at radius 1 is 1.04 bits per heavy atom. The van der Waals surface area contributed by atoms with Crippen molar-refractivity contribution in [2.45, 2.75) is 65.1 Å². The number of carbonyl (C=O) groups is 3. The maximum atomic E-state index is 13.9. The number of aryl methyl sites for hydroxylation is 1. The van der Waals surface area contributed by atoms with E-state index in [0.29, 0.717) is 61.8 Å². The first-order valence-electron chi connectivity index (χ1n) is 15.4. The summed E-state index contributed by atoms with van der Waals surface area (Å²) in [7, 11) is 0. The Bertz CT molecular complexity index is 1840. The van der Waals surface area contributed by atoms with Crippen molar-refractivity contribution >= 4 is 34.3 Å². The van der Waals surface area contributed by atoms with Crippen LogP contribution in [0.4, 0.5) is 0 Å². The molecule has 0 fully saturated rings. The first kappa shape index (κ1) is 30.0. The van der Waals surface area contributed by atoms with E-state index in [-0.39, 0.29) is 30.1 Å². The van der Waals surface area contributed by atoms with Crippen molar-refractivity contribution in [2.75, 3.05) is 13.1 Å². The summed E-state index contributed by atoms with van der Waals surface area (Å²) in [5.41, 5.74) is 2.80. The van der Waals surface area contributed by atoms with E-state index in [1.807, 2.05) is 37.4 Å². The molecule has 1 aliphatic heterocycles. The number of pyridine rings is 1. The number of fused-ring (bicyclic) bond motifs is 3. The Labute approximate surface area is 260 Å². The van der Waals surface area contributed by atoms with Gasteiger partial charge in [0.2, 0.25) is 11.8 Å². The third-order valence-corrected chi connectivity index (χ3v) is 8.15. The number of benzene rings is 1. The van der Waals surface area contributed by atoms with Gasteiger partial charge in [0.15, 0.2) is 5.65 Å². The van der Waals surface area contributed by atoms with Crippen molar-refractivity contribution in [1.82, 2.24) is 49.9 Å². The summed E-state index contributed by atoms with van der Waals surface area (Å²) in [6.45, 7) is 7.02. The SMILES string of the molecule is Cc1nc2n(n1)CCN(C(=O)c1cccn3cnnc13)CCCC(=O)N[C@H](Cc1c[nH]c3ccccc13)C(=O)N[C@H]2CC(C)C. The molecule has 1 aromatic carbocycles. The van der Waals surface area contributed by atoms with Crippen molar-refractivity contribution in [3.8, 4) is 0 Å². The number of nitrogens with zero attached hydrogens (tertiary/aromatic N) is 7. The number of hydrogen-bond acceptors (Lipinski definition) is 7. The summed E-state index contributed by atoms with van der Waals surface area (Å²) >= 11 is 0. The van der Waals surface area contributed by atoms with Crippen LogP contribution in [0.5, 0.6) is 0 Å². The molecular weight excluding hydrogens is 572 g/mol. The Hall–Kier alpha value is -5.07. The predicted octanol–water partition coefficient (Wildman–Crippen LogP) is 2.98. The van der Waals surface area contributed by atoms with E-state index in [9.17, 15) is 14.4 Å². The van der Waals surface area contributed by atoms with Gasteiger partial charge >= 0.3 is 0 Å². The molecule has 2 atom stereocenters. The van der Waals surface area contributed by atoms with E-state index in [1.54, 1.807) is 38.6 Å². The lowest BCUT2D eigenvalue weighted by Gasteiger charge is -2.27. The Morgan fingerprint density at radius 2 is 1.89 bits per heavy atom. The van der Waals surface area contributed by atoms with Gasteiger partial charge in [0.25, 0.3) is 5.91 Å². The van der Waals surface area contributed by atoms with Crippen LogP contribution in [-0.4, -0.2) is 76.1 Å². The quantitative estimate of drug-likeness (QED) is 0.276. The monoisotopic (exact) mass is 610 g/mol. The first-order chi connectivity index (χ1) is 21.8. The van der Waals surface area contributed by atoms with Gasteiger partial charge in [-0.05, 0) is 49.4 Å². The minimum atomic E-state index is -0.810. The highest BCUT2D eigenvalue weighted by Crippen LogP contribution is 2.23. The maximum absolute atomic E-state index is 13.9. The summed E-state index contributed by atoms with van der Waals surface area (Å²) in [6, 6.07) is 10.2. The number of carbonyl (C=O) groups excluding carboxylic acids is 3. The zero-order valence-electron chi connectivity index (χ0n) is 25.7. The van der Waals surface area contributed by atoms with Gasteiger partial charge in [-0.15, -0.1) is 10.2 Å². The molecule has 6 rings (SSSR count). The minimum absolute atomic E-state index is 0.152. The molecule has 0 saturated carbocycles. The number of para-hydroxylation sites is 1. The molecule has 0 spiro atoms. The molecule has 4 aromatic heterocycles. The number of aromatic amines is 1. The lowest BCUT2D eigenvalue weighted by molar-refractivity contribution is -0.129. The van der Waals surface area contributed by atoms with Gasteiger partial charge in [-0.3, -0.25) is 18.8 Å². The molecule has 3 amide bonds. The van der Waals surface area contributed by atoms with Gasteiger partial charge in [0, 0.05) is 49.2 Å². The molecule has 0 saturated heterocycles. The summed E-state index contributed by atoms with van der Waals surface area (Å²) in [5.74, 6) is 0.703. The maximum Gasteiger partial charge on any atom is 0.257 e. The van der Waals surface area contributed by atoms with Crippen LogP contribution in [0.1, 0.15) is 66.7 Å². The van der Waals surface area contributed by atoms with Gasteiger partial charge in [0.1, 0.15) is 24.0 Å². The third-order valence-electron chi connectivity index (χ3n) is 8.15. The molecule has 45 heavy (non-hydrogen) atoms. The second-order valence-electron chi connectivity index (χ2n) is 12.0. The summed E-state index contributed by atoms with van der Waals surface area (Å²) in [5, 5.41) is 19.9. The molecule has 0 bridgehead atoms. The normalized spacial score (nSPS) is 18.5. The van der Waals surface area contributed by atoms with Crippen molar-refractivity contribution in [1.29, 1.82) is 0 Å². The predicted molar refractivity (Wildman–Crippen MR) is 167 cm³/mol. The van der Waals surface area contributed by atoms with Crippen LogP contribution in [0.25, 0.3) is 16.6 Å². The lowest BCUT2D eigenvalue weighted by Crippen LogP contribution is -2.49. The highest BCUT2D eigenvalue weighted by molar-refractivity contribution is 5.99. The fraction of sp³-hybridized carbons (Fsp3) is 0.406. The van der Waals surface area contributed by atoms with Gasteiger partial charge < -0.3 is 20.5 Å². The lowest BCUT2D eigenvalue weighted by atomic mass is 10.0. The topological polar surface area (TPSA) is 155 Å². The van der Waals surface area contributed by atoms with Crippen LogP contribution < -0.4 is 10.6 Å². The molecule has 13 nitrogen and oxygen atoms in total. The number of aromatic nitrogens is 7. The first-order valence-corrected chi connectivity index (χ1v) is 15.4. The number of amides is 3. The zero-order chi connectivity index (χ0) is 31.5. The van der Waals surface area contributed by atoms with Crippen LogP contribution in [0.3, 0.4) is 0 Å². The van der Waals surface area contributed by atoms with Gasteiger partial charge in [0.05, 0.1) is 18.2 Å². The zero-order valence-corrected chi connectivity index (χ0v) is 25.7. The molecule has 0 radical (unpaired) electrons. The van der Waals surface area contributed by atoms with Crippen LogP contribution in [0.15, 0.2) is 55.1 Å². The van der Waals surface area contributed by atoms with Crippen molar-refractivity contribution < 1.29 is 14.4 Å². The molecule has 3 N–H and O–H groups in total. The van der Waals surface area contributed by atoms with E-state index >= 15 is 0 Å². The molecule has 13 heteroatoms. The molecular formula is C32H38N10O3. The number of rotatable bonds is 5. The Morgan fingerprint density at radius 3 is 2.73 bits per heavy atom. The van der Waals surface area contributed by atoms with E-state index in [0.717, 1.165) is 16.5 Å². The van der Waals surface area contributed by atoms with Gasteiger partial charge in [-0.2, -0.15) is 5.10 Å². The highest BCUT2D eigenvalue weighted by Gasteiger charge is 2.29. The fourth-order valence-electron chi connectivity index (χ4n) is 6.01. The van der Waals surface area contributed by atoms with Crippen molar-refractivity contribution in [3.05, 3.63) is 77.9 Å². The van der Waals surface area contributed by atoms with E-state index in [4.69, 9.17) is 4.98 Å². The molecule has 234 valence electrons. The number of H-pyrrole nitrogens is 1. The van der Waals surface area contributed by atoms with Crippen LogP contribution >= 0.6 is 0 Å². The van der Waals surface area contributed by atoms with E-state index < -0.39 is 12.1 Å². The second-order valence-corrected chi connectivity index (χ2v) is 12.0. The largest absolute Gasteiger partial charge is 0.361 e. The van der Waals surface area contributed by atoms with Gasteiger partial charge in [-0.25, -0.2) is 9.67 Å². The van der Waals surface area contributed by atoms with Gasteiger partial charge in [-0.1, -0.05) is 32.0 Å². The highest BCUT2D eigenvalue weighted by atomic mass is 16.2. The minimum Gasteiger partial charge on any atom is -0.361 e. The standard InChI is InChI=1S/C32H38N10O3/c1-20(2)16-26-30-35-21(3)39-42(30)15-14-40(32(45)24-9-6-13-41-19-34-38-29(24)41)12-7-11-28(43)36-27(31(44)37-26)17-22-18-33-25-10-5-4-8-23(22)25/h4-6,8-10,13,18-20,26-27,33H,7,11-12,14-17H2,1-3H3,(H,36,43)(H,37,44)/t26-,27+/m0/s1.